The first kappa shape index (κ1) is 18.9. The Labute approximate surface area is 153 Å². The number of halogens is 1. The molecule has 0 atom stereocenters. The molecule has 0 radical (unpaired) electrons. The van der Waals surface area contributed by atoms with Gasteiger partial charge in [0.2, 0.25) is 0 Å². The summed E-state index contributed by atoms with van der Waals surface area (Å²) in [4.78, 5) is 8.48. The molecule has 0 spiro atoms. The minimum Gasteiger partial charge on any atom is -0.493 e. The SMILES string of the molecule is CCOc1c(Cl)cc(CNC(=NC)NCc2ccccn2)cc1OC. The molecule has 6 nitrogen and oxygen atoms in total. The Hall–Kier alpha value is -2.47. The van der Waals surface area contributed by atoms with Crippen molar-refractivity contribution in [2.75, 3.05) is 20.8 Å². The van der Waals surface area contributed by atoms with Crippen LogP contribution in [0.4, 0.5) is 0 Å². The number of ether oxygens (including phenoxy) is 2. The fourth-order valence-corrected chi connectivity index (χ4v) is 2.53. The van der Waals surface area contributed by atoms with E-state index in [0.717, 1.165) is 11.3 Å². The lowest BCUT2D eigenvalue weighted by Gasteiger charge is -2.15. The molecule has 2 N–H and O–H groups in total. The van der Waals surface area contributed by atoms with Gasteiger partial charge in [-0.05, 0) is 36.8 Å². The zero-order chi connectivity index (χ0) is 18.1. The first-order valence-corrected chi connectivity index (χ1v) is 8.39. The molecule has 0 unspecified atom stereocenters. The van der Waals surface area contributed by atoms with E-state index in [1.165, 1.54) is 0 Å². The Balaban J connectivity index is 1.98. The quantitative estimate of drug-likeness (QED) is 0.585. The standard InChI is InChI=1S/C18H23ClN4O2/c1-4-25-17-15(19)9-13(10-16(17)24-3)11-22-18(20-2)23-12-14-7-5-6-8-21-14/h5-10H,4,11-12H2,1-3H3,(H2,20,22,23). The topological polar surface area (TPSA) is 67.8 Å². The molecule has 0 amide bonds. The molecular formula is C18H23ClN4O2. The smallest absolute Gasteiger partial charge is 0.191 e. The third kappa shape index (κ3) is 5.53. The third-order valence-corrected chi connectivity index (χ3v) is 3.71. The molecule has 134 valence electrons. The Kier molecular flexibility index (Phi) is 7.35. The van der Waals surface area contributed by atoms with Crippen LogP contribution in [0.15, 0.2) is 41.5 Å². The number of nitrogens with zero attached hydrogens (tertiary/aromatic N) is 2. The molecule has 2 rings (SSSR count). The van der Waals surface area contributed by atoms with Crippen molar-refractivity contribution in [3.63, 3.8) is 0 Å². The van der Waals surface area contributed by atoms with Gasteiger partial charge in [-0.2, -0.15) is 0 Å². The van der Waals surface area contributed by atoms with E-state index >= 15 is 0 Å². The van der Waals surface area contributed by atoms with Crippen LogP contribution in [0, 0.1) is 0 Å². The summed E-state index contributed by atoms with van der Waals surface area (Å²) in [6, 6.07) is 9.55. The molecule has 1 heterocycles. The summed E-state index contributed by atoms with van der Waals surface area (Å²) in [7, 11) is 3.32. The Morgan fingerprint density at radius 2 is 2.04 bits per heavy atom. The van der Waals surface area contributed by atoms with Crippen LogP contribution in [0.25, 0.3) is 0 Å². The maximum atomic E-state index is 6.30. The van der Waals surface area contributed by atoms with Gasteiger partial charge < -0.3 is 20.1 Å². The predicted molar refractivity (Wildman–Crippen MR) is 100 cm³/mol. The van der Waals surface area contributed by atoms with Crippen molar-refractivity contribution in [3.8, 4) is 11.5 Å². The molecule has 0 saturated carbocycles. The molecule has 0 aliphatic heterocycles. The van der Waals surface area contributed by atoms with Gasteiger partial charge in [0.25, 0.3) is 0 Å². The van der Waals surface area contributed by atoms with E-state index in [-0.39, 0.29) is 0 Å². The first-order valence-electron chi connectivity index (χ1n) is 8.01. The van der Waals surface area contributed by atoms with Gasteiger partial charge in [-0.25, -0.2) is 0 Å². The lowest BCUT2D eigenvalue weighted by atomic mass is 10.2. The molecule has 2 aromatic rings. The van der Waals surface area contributed by atoms with E-state index in [9.17, 15) is 0 Å². The molecule has 7 heteroatoms. The van der Waals surface area contributed by atoms with E-state index in [4.69, 9.17) is 21.1 Å². The van der Waals surface area contributed by atoms with Gasteiger partial charge in [-0.15, -0.1) is 0 Å². The zero-order valence-electron chi connectivity index (χ0n) is 14.7. The Morgan fingerprint density at radius 1 is 1.24 bits per heavy atom. The van der Waals surface area contributed by atoms with E-state index in [0.29, 0.717) is 42.2 Å². The van der Waals surface area contributed by atoms with Crippen molar-refractivity contribution in [2.45, 2.75) is 20.0 Å². The minimum atomic E-state index is 0.523. The minimum absolute atomic E-state index is 0.523. The number of hydrogen-bond acceptors (Lipinski definition) is 4. The largest absolute Gasteiger partial charge is 0.493 e. The van der Waals surface area contributed by atoms with Crippen molar-refractivity contribution in [1.82, 2.24) is 15.6 Å². The maximum Gasteiger partial charge on any atom is 0.191 e. The highest BCUT2D eigenvalue weighted by atomic mass is 35.5. The normalized spacial score (nSPS) is 11.1. The molecule has 25 heavy (non-hydrogen) atoms. The lowest BCUT2D eigenvalue weighted by molar-refractivity contribution is 0.311. The van der Waals surface area contributed by atoms with Crippen molar-refractivity contribution in [1.29, 1.82) is 0 Å². The molecule has 0 bridgehead atoms. The van der Waals surface area contributed by atoms with Gasteiger partial charge in [-0.1, -0.05) is 17.7 Å². The van der Waals surface area contributed by atoms with Gasteiger partial charge in [0.05, 0.1) is 31.0 Å². The van der Waals surface area contributed by atoms with Crippen LogP contribution in [0.2, 0.25) is 5.02 Å². The number of aliphatic imine (C=N–C) groups is 1. The summed E-state index contributed by atoms with van der Waals surface area (Å²) in [5.74, 6) is 1.85. The number of methoxy groups -OCH3 is 1. The van der Waals surface area contributed by atoms with Crippen LogP contribution in [0.3, 0.4) is 0 Å². The molecule has 0 aliphatic rings. The number of aromatic nitrogens is 1. The summed E-state index contributed by atoms with van der Waals surface area (Å²) in [6.45, 7) is 3.57. The van der Waals surface area contributed by atoms with Crippen LogP contribution >= 0.6 is 11.6 Å². The van der Waals surface area contributed by atoms with E-state index in [1.807, 2.05) is 37.3 Å². The second-order valence-corrected chi connectivity index (χ2v) is 5.55. The predicted octanol–water partition coefficient (Wildman–Crippen LogP) is 3.01. The molecule has 0 aliphatic carbocycles. The highest BCUT2D eigenvalue weighted by Gasteiger charge is 2.12. The van der Waals surface area contributed by atoms with Crippen LogP contribution in [-0.2, 0) is 13.1 Å². The van der Waals surface area contributed by atoms with Gasteiger partial charge in [0, 0.05) is 19.8 Å². The summed E-state index contributed by atoms with van der Waals surface area (Å²) in [5, 5.41) is 6.98. The number of pyridine rings is 1. The Morgan fingerprint density at radius 3 is 2.68 bits per heavy atom. The van der Waals surface area contributed by atoms with Crippen LogP contribution in [0.5, 0.6) is 11.5 Å². The lowest BCUT2D eigenvalue weighted by Crippen LogP contribution is -2.36. The molecule has 0 saturated heterocycles. The molecule has 1 aromatic carbocycles. The van der Waals surface area contributed by atoms with Gasteiger partial charge in [-0.3, -0.25) is 9.98 Å². The highest BCUT2D eigenvalue weighted by Crippen LogP contribution is 2.36. The van der Waals surface area contributed by atoms with E-state index < -0.39 is 0 Å². The number of rotatable bonds is 7. The summed E-state index contributed by atoms with van der Waals surface area (Å²) < 4.78 is 10.9. The highest BCUT2D eigenvalue weighted by molar-refractivity contribution is 6.32. The summed E-state index contributed by atoms with van der Waals surface area (Å²) in [6.07, 6.45) is 1.77. The van der Waals surface area contributed by atoms with E-state index in [2.05, 4.69) is 20.6 Å². The average molecular weight is 363 g/mol. The summed E-state index contributed by atoms with van der Waals surface area (Å²) in [5.41, 5.74) is 1.90. The van der Waals surface area contributed by atoms with Crippen molar-refractivity contribution < 1.29 is 9.47 Å². The fourth-order valence-electron chi connectivity index (χ4n) is 2.24. The van der Waals surface area contributed by atoms with Crippen LogP contribution in [-0.4, -0.2) is 31.7 Å². The molecule has 0 fully saturated rings. The number of benzene rings is 1. The first-order chi connectivity index (χ1) is 12.2. The van der Waals surface area contributed by atoms with Crippen LogP contribution < -0.4 is 20.1 Å². The van der Waals surface area contributed by atoms with Crippen molar-refractivity contribution >= 4 is 17.6 Å². The van der Waals surface area contributed by atoms with Crippen molar-refractivity contribution in [3.05, 3.63) is 52.8 Å². The fraction of sp³-hybridized carbons (Fsp3) is 0.333. The second kappa shape index (κ2) is 9.74. The van der Waals surface area contributed by atoms with E-state index in [1.54, 1.807) is 20.4 Å². The average Bonchev–Trinajstić information content (AvgIpc) is 2.64. The third-order valence-electron chi connectivity index (χ3n) is 3.42. The van der Waals surface area contributed by atoms with Crippen molar-refractivity contribution in [2.24, 2.45) is 4.99 Å². The number of guanidine groups is 1. The number of hydrogen-bond donors (Lipinski definition) is 2. The molecular weight excluding hydrogens is 340 g/mol. The maximum absolute atomic E-state index is 6.30. The second-order valence-electron chi connectivity index (χ2n) is 5.14. The van der Waals surface area contributed by atoms with Gasteiger partial charge in [0.1, 0.15) is 0 Å². The van der Waals surface area contributed by atoms with Gasteiger partial charge in [0.15, 0.2) is 17.5 Å². The monoisotopic (exact) mass is 362 g/mol. The van der Waals surface area contributed by atoms with Gasteiger partial charge >= 0.3 is 0 Å². The Bertz CT molecular complexity index is 708. The molecule has 1 aromatic heterocycles. The zero-order valence-corrected chi connectivity index (χ0v) is 15.4. The summed E-state index contributed by atoms with van der Waals surface area (Å²) >= 11 is 6.30. The number of nitrogens with one attached hydrogen (secondary N) is 2. The van der Waals surface area contributed by atoms with Crippen LogP contribution in [0.1, 0.15) is 18.2 Å².